The second-order valence-electron chi connectivity index (χ2n) is 5.17. The van der Waals surface area contributed by atoms with Crippen molar-refractivity contribution in [1.29, 1.82) is 0 Å². The number of methoxy groups -OCH3 is 4. The molecule has 1 fully saturated rings. The first-order valence-electron chi connectivity index (χ1n) is 7.73. The van der Waals surface area contributed by atoms with Crippen LogP contribution in [0.5, 0.6) is 0 Å². The Hall–Kier alpha value is 0.460. The molecule has 0 radical (unpaired) electrons. The third-order valence-electron chi connectivity index (χ3n) is 3.76. The molecule has 0 N–H and O–H groups in total. The number of hydrogen-bond donors (Lipinski definition) is 0. The molecular weight excluding hydrogens is 340 g/mol. The van der Waals surface area contributed by atoms with E-state index >= 15 is 0 Å². The van der Waals surface area contributed by atoms with Crippen molar-refractivity contribution in [3.8, 4) is 0 Å². The summed E-state index contributed by atoms with van der Waals surface area (Å²) >= 11 is 0. The third-order valence-corrected chi connectivity index (χ3v) is 5.66. The van der Waals surface area contributed by atoms with Crippen LogP contribution < -0.4 is 0 Å². The molecule has 1 saturated heterocycles. The number of ether oxygens (including phenoxy) is 6. The van der Waals surface area contributed by atoms with Gasteiger partial charge in [-0.2, -0.15) is 0 Å². The van der Waals surface area contributed by atoms with Gasteiger partial charge in [0.15, 0.2) is 6.29 Å². The molecule has 1 heterocycles. The summed E-state index contributed by atoms with van der Waals surface area (Å²) in [5, 5.41) is 0. The Labute approximate surface area is 147 Å². The van der Waals surface area contributed by atoms with Crippen LogP contribution in [0, 0.1) is 0 Å². The predicted molar refractivity (Wildman–Crippen MR) is 94.1 cm³/mol. The normalized spacial score (nSPS) is 31.4. The minimum absolute atomic E-state index is 0.251. The second-order valence-corrected chi connectivity index (χ2v) is 7.85. The van der Waals surface area contributed by atoms with E-state index in [0.717, 1.165) is 18.6 Å². The third kappa shape index (κ3) is 6.70. The van der Waals surface area contributed by atoms with Gasteiger partial charge in [-0.3, -0.25) is 0 Å². The first-order chi connectivity index (χ1) is 11.2. The molecule has 0 unspecified atom stereocenters. The molecule has 0 spiro atoms. The minimum Gasteiger partial charge on any atom is -0.382 e. The van der Waals surface area contributed by atoms with Crippen molar-refractivity contribution in [3.05, 3.63) is 0 Å². The summed E-state index contributed by atoms with van der Waals surface area (Å²) in [6.07, 6.45) is 2.60. The van der Waals surface area contributed by atoms with Gasteiger partial charge in [-0.05, 0) is 19.1 Å². The van der Waals surface area contributed by atoms with Crippen molar-refractivity contribution in [1.82, 2.24) is 0 Å². The number of unbranched alkanes of at least 4 members (excludes halogenated alkanes) is 1. The highest BCUT2D eigenvalue weighted by atomic mass is 33.1. The predicted octanol–water partition coefficient (Wildman–Crippen LogP) is 2.21. The molecule has 0 bridgehead atoms. The summed E-state index contributed by atoms with van der Waals surface area (Å²) < 4.78 is 33.8. The highest BCUT2D eigenvalue weighted by Gasteiger charge is 2.47. The molecule has 138 valence electrons. The molecular formula is C15H30O6S2. The fraction of sp³-hybridized carbons (Fsp3) is 1.00. The van der Waals surface area contributed by atoms with Gasteiger partial charge in [0, 0.05) is 40.8 Å². The van der Waals surface area contributed by atoms with Gasteiger partial charge < -0.3 is 28.4 Å². The van der Waals surface area contributed by atoms with Gasteiger partial charge in [-0.15, -0.1) is 0 Å². The fourth-order valence-electron chi connectivity index (χ4n) is 2.66. The van der Waals surface area contributed by atoms with Crippen LogP contribution in [0.1, 0.15) is 12.8 Å². The van der Waals surface area contributed by atoms with Crippen molar-refractivity contribution >= 4 is 21.6 Å². The lowest BCUT2D eigenvalue weighted by Gasteiger charge is -2.44. The largest absolute Gasteiger partial charge is 0.382 e. The SMILES string of the molecule is COC[C@H]1O[C@@H](OCCCCSSC)[C@H](OC)[C@@H](OC)[C@@H]1OC. The number of hydrogen-bond acceptors (Lipinski definition) is 8. The molecule has 0 aliphatic carbocycles. The fourth-order valence-corrected chi connectivity index (χ4v) is 4.00. The average molecular weight is 371 g/mol. The standard InChI is InChI=1S/C15H30O6S2/c1-16-10-11-12(17-2)13(18-3)14(19-4)15(21-11)20-8-6-7-9-23-22-5/h11-15H,6-10H2,1-5H3/t11-,12-,13+,14-,15-/m1/s1. The second kappa shape index (κ2) is 12.8. The van der Waals surface area contributed by atoms with Crippen LogP contribution in [0.15, 0.2) is 0 Å². The van der Waals surface area contributed by atoms with Gasteiger partial charge in [0.25, 0.3) is 0 Å². The molecule has 1 aliphatic heterocycles. The summed E-state index contributed by atoms with van der Waals surface area (Å²) in [6, 6.07) is 0. The van der Waals surface area contributed by atoms with E-state index < -0.39 is 6.29 Å². The molecule has 0 aromatic heterocycles. The lowest BCUT2D eigenvalue weighted by atomic mass is 9.98. The van der Waals surface area contributed by atoms with Gasteiger partial charge in [-0.1, -0.05) is 21.6 Å². The van der Waals surface area contributed by atoms with Gasteiger partial charge in [0.05, 0.1) is 6.61 Å². The van der Waals surface area contributed by atoms with Crippen LogP contribution in [0.4, 0.5) is 0 Å². The maximum absolute atomic E-state index is 6.01. The quantitative estimate of drug-likeness (QED) is 0.383. The zero-order valence-electron chi connectivity index (χ0n) is 14.7. The van der Waals surface area contributed by atoms with Crippen molar-refractivity contribution in [2.24, 2.45) is 0 Å². The first-order valence-corrected chi connectivity index (χ1v) is 10.5. The van der Waals surface area contributed by atoms with E-state index in [0.29, 0.717) is 13.2 Å². The molecule has 6 nitrogen and oxygen atoms in total. The summed E-state index contributed by atoms with van der Waals surface area (Å²) in [7, 11) is 10.2. The monoisotopic (exact) mass is 370 g/mol. The molecule has 1 aliphatic rings. The van der Waals surface area contributed by atoms with E-state index in [1.165, 1.54) is 0 Å². The van der Waals surface area contributed by atoms with E-state index in [1.807, 2.05) is 10.8 Å². The van der Waals surface area contributed by atoms with Gasteiger partial charge in [0.1, 0.15) is 24.4 Å². The molecule has 8 heteroatoms. The molecule has 0 aromatic rings. The van der Waals surface area contributed by atoms with E-state index in [-0.39, 0.29) is 24.4 Å². The first kappa shape index (κ1) is 21.5. The van der Waals surface area contributed by atoms with Crippen LogP contribution in [0.3, 0.4) is 0 Å². The summed E-state index contributed by atoms with van der Waals surface area (Å²) in [4.78, 5) is 0. The van der Waals surface area contributed by atoms with E-state index in [4.69, 9.17) is 28.4 Å². The van der Waals surface area contributed by atoms with Crippen molar-refractivity contribution in [2.45, 2.75) is 43.5 Å². The van der Waals surface area contributed by atoms with Gasteiger partial charge >= 0.3 is 0 Å². The van der Waals surface area contributed by atoms with Crippen molar-refractivity contribution < 1.29 is 28.4 Å². The van der Waals surface area contributed by atoms with Crippen LogP contribution in [-0.2, 0) is 28.4 Å². The smallest absolute Gasteiger partial charge is 0.186 e. The van der Waals surface area contributed by atoms with Gasteiger partial charge in [0.2, 0.25) is 0 Å². The maximum atomic E-state index is 6.01. The van der Waals surface area contributed by atoms with Crippen molar-refractivity contribution in [2.75, 3.05) is 53.7 Å². The Bertz CT molecular complexity index is 297. The molecule has 0 amide bonds. The van der Waals surface area contributed by atoms with Gasteiger partial charge in [-0.25, -0.2) is 0 Å². The lowest BCUT2D eigenvalue weighted by molar-refractivity contribution is -0.313. The molecule has 5 atom stereocenters. The average Bonchev–Trinajstić information content (AvgIpc) is 2.57. The zero-order valence-corrected chi connectivity index (χ0v) is 16.3. The van der Waals surface area contributed by atoms with Crippen LogP contribution in [0.2, 0.25) is 0 Å². The van der Waals surface area contributed by atoms with Crippen LogP contribution in [-0.4, -0.2) is 84.4 Å². The van der Waals surface area contributed by atoms with E-state index in [2.05, 4.69) is 6.26 Å². The maximum Gasteiger partial charge on any atom is 0.186 e. The Morgan fingerprint density at radius 3 is 2.17 bits per heavy atom. The number of rotatable bonds is 12. The van der Waals surface area contributed by atoms with Crippen LogP contribution >= 0.6 is 21.6 Å². The summed E-state index contributed by atoms with van der Waals surface area (Å²) in [5.41, 5.74) is 0. The molecule has 1 rings (SSSR count). The summed E-state index contributed by atoms with van der Waals surface area (Å²) in [6.45, 7) is 1.05. The lowest BCUT2D eigenvalue weighted by Crippen LogP contribution is -2.61. The Morgan fingerprint density at radius 2 is 1.61 bits per heavy atom. The van der Waals surface area contributed by atoms with Crippen molar-refractivity contribution in [3.63, 3.8) is 0 Å². The van der Waals surface area contributed by atoms with E-state index in [1.54, 1.807) is 39.2 Å². The zero-order chi connectivity index (χ0) is 17.1. The highest BCUT2D eigenvalue weighted by Crippen LogP contribution is 2.28. The topological polar surface area (TPSA) is 55.4 Å². The Balaban J connectivity index is 2.57. The molecule has 23 heavy (non-hydrogen) atoms. The molecule has 0 saturated carbocycles. The Kier molecular flexibility index (Phi) is 11.9. The minimum atomic E-state index is -0.482. The van der Waals surface area contributed by atoms with Crippen LogP contribution in [0.25, 0.3) is 0 Å². The van der Waals surface area contributed by atoms with E-state index in [9.17, 15) is 0 Å². The Morgan fingerprint density at radius 1 is 0.913 bits per heavy atom. The summed E-state index contributed by atoms with van der Waals surface area (Å²) in [5.74, 6) is 1.13. The molecule has 0 aromatic carbocycles. The highest BCUT2D eigenvalue weighted by molar-refractivity contribution is 8.76.